The van der Waals surface area contributed by atoms with Crippen molar-refractivity contribution in [3.05, 3.63) is 65.9 Å². The first-order valence-electron chi connectivity index (χ1n) is 6.00. The summed E-state index contributed by atoms with van der Waals surface area (Å²) in [6, 6.07) is 6.17. The highest BCUT2D eigenvalue weighted by Gasteiger charge is 2.10. The van der Waals surface area contributed by atoms with Gasteiger partial charge in [0.25, 0.3) is 0 Å². The molecule has 0 spiro atoms. The molecule has 1 heterocycles. The van der Waals surface area contributed by atoms with Gasteiger partial charge in [-0.05, 0) is 24.3 Å². The van der Waals surface area contributed by atoms with E-state index in [9.17, 15) is 17.6 Å². The van der Waals surface area contributed by atoms with Crippen LogP contribution < -0.4 is 5.32 Å². The van der Waals surface area contributed by atoms with Crippen molar-refractivity contribution in [2.24, 2.45) is 0 Å². The first-order chi connectivity index (χ1) is 10.0. The second kappa shape index (κ2) is 5.05. The lowest BCUT2D eigenvalue weighted by atomic mass is 10.1. The molecule has 2 nitrogen and oxygen atoms in total. The minimum Gasteiger partial charge on any atom is -0.355 e. The monoisotopic (exact) mass is 292 g/mol. The zero-order chi connectivity index (χ0) is 15.0. The fraction of sp³-hybridized carbons (Fsp3) is 0. The Kier molecular flexibility index (Phi) is 3.21. The summed E-state index contributed by atoms with van der Waals surface area (Å²) in [7, 11) is 0. The van der Waals surface area contributed by atoms with Crippen LogP contribution in [0.15, 0.2) is 42.6 Å². The molecule has 0 bridgehead atoms. The Hall–Kier alpha value is -2.63. The Balaban J connectivity index is 2.12. The van der Waals surface area contributed by atoms with Crippen LogP contribution >= 0.6 is 0 Å². The van der Waals surface area contributed by atoms with E-state index in [-0.39, 0.29) is 16.6 Å². The number of halogens is 4. The van der Waals surface area contributed by atoms with E-state index in [2.05, 4.69) is 10.3 Å². The largest absolute Gasteiger partial charge is 0.355 e. The second-order valence-corrected chi connectivity index (χ2v) is 4.43. The number of hydrogen-bond acceptors (Lipinski definition) is 2. The molecule has 0 aliphatic carbocycles. The van der Waals surface area contributed by atoms with Gasteiger partial charge in [-0.1, -0.05) is 0 Å². The van der Waals surface area contributed by atoms with Crippen LogP contribution in [-0.2, 0) is 0 Å². The Morgan fingerprint density at radius 1 is 0.810 bits per heavy atom. The van der Waals surface area contributed by atoms with Crippen LogP contribution in [0.1, 0.15) is 0 Å². The molecule has 0 unspecified atom stereocenters. The molecule has 0 atom stereocenters. The zero-order valence-corrected chi connectivity index (χ0v) is 10.5. The third-order valence-corrected chi connectivity index (χ3v) is 2.90. The Labute approximate surface area is 117 Å². The van der Waals surface area contributed by atoms with Crippen molar-refractivity contribution in [2.75, 3.05) is 5.32 Å². The van der Waals surface area contributed by atoms with E-state index in [1.165, 1.54) is 12.3 Å². The van der Waals surface area contributed by atoms with Crippen LogP contribution in [0.3, 0.4) is 0 Å². The number of rotatable bonds is 2. The van der Waals surface area contributed by atoms with Gasteiger partial charge in [-0.2, -0.15) is 0 Å². The fourth-order valence-electron chi connectivity index (χ4n) is 2.07. The maximum absolute atomic E-state index is 13.6. The molecule has 2 aromatic carbocycles. The van der Waals surface area contributed by atoms with Gasteiger partial charge in [0.15, 0.2) is 5.82 Å². The summed E-state index contributed by atoms with van der Waals surface area (Å²) in [5.41, 5.74) is 0.395. The molecule has 3 aromatic rings. The number of nitrogens with one attached hydrogen (secondary N) is 1. The van der Waals surface area contributed by atoms with Gasteiger partial charge in [0.2, 0.25) is 0 Å². The van der Waals surface area contributed by atoms with Crippen molar-refractivity contribution in [3.8, 4) is 0 Å². The molecule has 0 saturated heterocycles. The van der Waals surface area contributed by atoms with Gasteiger partial charge >= 0.3 is 0 Å². The van der Waals surface area contributed by atoms with Gasteiger partial charge in [-0.25, -0.2) is 17.6 Å². The summed E-state index contributed by atoms with van der Waals surface area (Å²) < 4.78 is 53.3. The highest BCUT2D eigenvalue weighted by Crippen LogP contribution is 2.28. The molecule has 1 aromatic heterocycles. The molecular formula is C15H8F4N2. The Morgan fingerprint density at radius 3 is 2.19 bits per heavy atom. The van der Waals surface area contributed by atoms with Crippen LogP contribution in [0.25, 0.3) is 10.9 Å². The summed E-state index contributed by atoms with van der Waals surface area (Å²) in [5.74, 6) is -3.08. The quantitative estimate of drug-likeness (QED) is 0.702. The number of benzene rings is 2. The lowest BCUT2D eigenvalue weighted by molar-refractivity contribution is 0.584. The van der Waals surface area contributed by atoms with Gasteiger partial charge in [0.05, 0.1) is 0 Å². The Morgan fingerprint density at radius 2 is 1.48 bits per heavy atom. The molecule has 0 aliphatic rings. The predicted octanol–water partition coefficient (Wildman–Crippen LogP) is 4.53. The third-order valence-electron chi connectivity index (χ3n) is 2.90. The molecule has 0 fully saturated rings. The molecule has 0 aliphatic heterocycles. The molecule has 1 N–H and O–H groups in total. The summed E-state index contributed by atoms with van der Waals surface area (Å²) in [4.78, 5) is 3.83. The number of hydrogen-bond donors (Lipinski definition) is 1. The van der Waals surface area contributed by atoms with Crippen molar-refractivity contribution < 1.29 is 17.6 Å². The average molecular weight is 292 g/mol. The summed E-state index contributed by atoms with van der Waals surface area (Å²) in [5, 5.41) is 2.91. The summed E-state index contributed by atoms with van der Waals surface area (Å²) >= 11 is 0. The lowest BCUT2D eigenvalue weighted by Gasteiger charge is -2.10. The van der Waals surface area contributed by atoms with Crippen LogP contribution in [0, 0.1) is 23.3 Å². The molecular weight excluding hydrogens is 284 g/mol. The van der Waals surface area contributed by atoms with Crippen molar-refractivity contribution in [1.82, 2.24) is 4.98 Å². The molecule has 21 heavy (non-hydrogen) atoms. The van der Waals surface area contributed by atoms with Crippen molar-refractivity contribution in [2.45, 2.75) is 0 Å². The molecule has 0 saturated carbocycles. The smallest absolute Gasteiger partial charge is 0.152 e. The van der Waals surface area contributed by atoms with Gasteiger partial charge in [0.1, 0.15) is 23.0 Å². The van der Waals surface area contributed by atoms with E-state index in [1.807, 2.05) is 0 Å². The Bertz CT molecular complexity index is 813. The van der Waals surface area contributed by atoms with E-state index < -0.39 is 23.3 Å². The molecule has 3 rings (SSSR count). The van der Waals surface area contributed by atoms with E-state index in [4.69, 9.17) is 0 Å². The van der Waals surface area contributed by atoms with Gasteiger partial charge in [-0.15, -0.1) is 0 Å². The molecule has 106 valence electrons. The van der Waals surface area contributed by atoms with Gasteiger partial charge in [-0.3, -0.25) is 4.98 Å². The van der Waals surface area contributed by atoms with Crippen LogP contribution in [0.4, 0.5) is 28.9 Å². The average Bonchev–Trinajstić information content (AvgIpc) is 2.38. The summed E-state index contributed by atoms with van der Waals surface area (Å²) in [6.45, 7) is 0. The van der Waals surface area contributed by atoms with E-state index >= 15 is 0 Å². The highest BCUT2D eigenvalue weighted by atomic mass is 19.1. The number of aromatic nitrogens is 1. The maximum Gasteiger partial charge on any atom is 0.152 e. The van der Waals surface area contributed by atoms with E-state index in [0.29, 0.717) is 5.69 Å². The summed E-state index contributed by atoms with van der Waals surface area (Å²) in [6.07, 6.45) is 1.32. The van der Waals surface area contributed by atoms with E-state index in [0.717, 1.165) is 30.3 Å². The van der Waals surface area contributed by atoms with E-state index in [1.54, 1.807) is 0 Å². The van der Waals surface area contributed by atoms with Crippen molar-refractivity contribution >= 4 is 22.3 Å². The lowest BCUT2D eigenvalue weighted by Crippen LogP contribution is -1.96. The normalized spacial score (nSPS) is 10.9. The van der Waals surface area contributed by atoms with Gasteiger partial charge < -0.3 is 5.32 Å². The standard InChI is InChI=1S/C15H8F4N2/c16-8-3-9(17)5-11(4-8)21-14-1-2-20-15-12(14)6-10(18)7-13(15)19/h1-7H,(H,20,21). The second-order valence-electron chi connectivity index (χ2n) is 4.43. The minimum absolute atomic E-state index is 0.0294. The predicted molar refractivity (Wildman–Crippen MR) is 71.3 cm³/mol. The number of pyridine rings is 1. The van der Waals surface area contributed by atoms with Crippen LogP contribution in [-0.4, -0.2) is 4.98 Å². The van der Waals surface area contributed by atoms with Crippen LogP contribution in [0.5, 0.6) is 0 Å². The molecule has 0 amide bonds. The van der Waals surface area contributed by atoms with Crippen molar-refractivity contribution in [3.63, 3.8) is 0 Å². The molecule has 6 heteroatoms. The zero-order valence-electron chi connectivity index (χ0n) is 10.5. The van der Waals surface area contributed by atoms with Gasteiger partial charge in [0, 0.05) is 35.1 Å². The van der Waals surface area contributed by atoms with Crippen molar-refractivity contribution in [1.29, 1.82) is 0 Å². The third kappa shape index (κ3) is 2.65. The number of anilines is 2. The first-order valence-corrected chi connectivity index (χ1v) is 6.00. The topological polar surface area (TPSA) is 24.9 Å². The maximum atomic E-state index is 13.6. The SMILES string of the molecule is Fc1cc(F)cc(Nc2ccnc3c(F)cc(F)cc23)c1. The highest BCUT2D eigenvalue weighted by molar-refractivity contribution is 5.93. The van der Waals surface area contributed by atoms with Crippen LogP contribution in [0.2, 0.25) is 0 Å². The minimum atomic E-state index is -0.806. The number of fused-ring (bicyclic) bond motifs is 1. The number of nitrogens with zero attached hydrogens (tertiary/aromatic N) is 1. The first kappa shape index (κ1) is 13.4. The fourth-order valence-corrected chi connectivity index (χ4v) is 2.07. The molecule has 0 radical (unpaired) electrons.